The molecule has 0 bridgehead atoms. The average Bonchev–Trinajstić information content (AvgIpc) is 2.53. The maximum atomic E-state index is 12.8. The van der Waals surface area contributed by atoms with E-state index < -0.39 is 0 Å². The first-order valence-corrected chi connectivity index (χ1v) is 8.28. The summed E-state index contributed by atoms with van der Waals surface area (Å²) in [5, 5.41) is 12.7. The number of carbonyl (C=O) groups is 1. The fraction of sp³-hybridized carbons (Fsp3) is 0.600. The number of nitrogens with zero attached hydrogens (tertiary/aromatic N) is 2. The first-order valence-electron chi connectivity index (χ1n) is 7.48. The third-order valence-electron chi connectivity index (χ3n) is 3.73. The molecular weight excluding hydrogens is 334 g/mol. The van der Waals surface area contributed by atoms with Crippen molar-refractivity contribution in [3.05, 3.63) is 22.3 Å². The number of pyridine rings is 1. The van der Waals surface area contributed by atoms with Crippen molar-refractivity contribution in [3.8, 4) is 0 Å². The number of aliphatic hydroxyl groups excluding tert-OH is 1. The number of amides is 1. The van der Waals surface area contributed by atoms with Crippen LogP contribution in [0.3, 0.4) is 0 Å². The van der Waals surface area contributed by atoms with Crippen molar-refractivity contribution < 1.29 is 9.90 Å². The lowest BCUT2D eigenvalue weighted by atomic mass is 10.0. The van der Waals surface area contributed by atoms with Gasteiger partial charge in [0, 0.05) is 23.8 Å². The smallest absolute Gasteiger partial charge is 0.257 e. The Morgan fingerprint density at radius 3 is 3.10 bits per heavy atom. The van der Waals surface area contributed by atoms with E-state index in [-0.39, 0.29) is 18.6 Å². The predicted octanol–water partition coefficient (Wildman–Crippen LogP) is 2.65. The molecule has 1 aromatic heterocycles. The van der Waals surface area contributed by atoms with Crippen LogP contribution in [0, 0.1) is 0 Å². The Morgan fingerprint density at radius 1 is 1.57 bits per heavy atom. The van der Waals surface area contributed by atoms with Crippen LogP contribution in [-0.4, -0.2) is 46.6 Å². The summed E-state index contributed by atoms with van der Waals surface area (Å²) in [5.41, 5.74) is 0.568. The van der Waals surface area contributed by atoms with Crippen LogP contribution in [0.5, 0.6) is 0 Å². The zero-order chi connectivity index (χ0) is 15.2. The molecule has 1 saturated heterocycles. The lowest BCUT2D eigenvalue weighted by molar-refractivity contribution is 0.0503. The van der Waals surface area contributed by atoms with Crippen molar-refractivity contribution in [2.45, 2.75) is 38.6 Å². The van der Waals surface area contributed by atoms with E-state index in [0.29, 0.717) is 17.9 Å². The second-order valence-electron chi connectivity index (χ2n) is 5.31. The number of halogens is 1. The number of piperidine rings is 1. The van der Waals surface area contributed by atoms with E-state index in [9.17, 15) is 9.90 Å². The normalized spacial score (nSPS) is 18.6. The summed E-state index contributed by atoms with van der Waals surface area (Å²) in [6, 6.07) is 1.72. The Bertz CT molecular complexity index is 496. The topological polar surface area (TPSA) is 65.5 Å². The molecule has 0 spiro atoms. The number of likely N-dealkylation sites (tertiary alicyclic amines) is 1. The Morgan fingerprint density at radius 2 is 2.38 bits per heavy atom. The fourth-order valence-electron chi connectivity index (χ4n) is 2.60. The number of rotatable bonds is 5. The molecule has 21 heavy (non-hydrogen) atoms. The highest BCUT2D eigenvalue weighted by atomic mass is 79.9. The highest BCUT2D eigenvalue weighted by Gasteiger charge is 2.28. The molecule has 6 heteroatoms. The Hall–Kier alpha value is -1.14. The quantitative estimate of drug-likeness (QED) is 0.851. The largest absolute Gasteiger partial charge is 0.394 e. The van der Waals surface area contributed by atoms with Gasteiger partial charge in [0.15, 0.2) is 0 Å². The van der Waals surface area contributed by atoms with Crippen LogP contribution in [0.15, 0.2) is 16.7 Å². The second kappa shape index (κ2) is 7.75. The molecule has 2 N–H and O–H groups in total. The van der Waals surface area contributed by atoms with Gasteiger partial charge in [0.2, 0.25) is 0 Å². The lowest BCUT2D eigenvalue weighted by Gasteiger charge is -2.35. The van der Waals surface area contributed by atoms with Gasteiger partial charge in [-0.2, -0.15) is 0 Å². The Kier molecular flexibility index (Phi) is 5.99. The number of aliphatic hydroxyl groups is 1. The third-order valence-corrected chi connectivity index (χ3v) is 4.16. The molecule has 1 unspecified atom stereocenters. The average molecular weight is 356 g/mol. The summed E-state index contributed by atoms with van der Waals surface area (Å²) in [4.78, 5) is 18.9. The maximum absolute atomic E-state index is 12.8. The molecule has 5 nitrogen and oxygen atoms in total. The first kappa shape index (κ1) is 16.2. The van der Waals surface area contributed by atoms with Crippen LogP contribution < -0.4 is 5.32 Å². The van der Waals surface area contributed by atoms with Gasteiger partial charge in [0.25, 0.3) is 5.91 Å². The standard InChI is InChI=1S/C15H22BrN3O2/c1-2-6-17-14-13(8-11(16)9-18-14)15(21)19-7-4-3-5-12(19)10-20/h8-9,12,20H,2-7,10H2,1H3,(H,17,18). The van der Waals surface area contributed by atoms with Crippen LogP contribution in [0.25, 0.3) is 0 Å². The highest BCUT2D eigenvalue weighted by Crippen LogP contribution is 2.24. The van der Waals surface area contributed by atoms with Gasteiger partial charge in [-0.3, -0.25) is 4.79 Å². The molecule has 1 aliphatic heterocycles. The summed E-state index contributed by atoms with van der Waals surface area (Å²) in [6.45, 7) is 3.56. The van der Waals surface area contributed by atoms with Crippen LogP contribution >= 0.6 is 15.9 Å². The first-order chi connectivity index (χ1) is 10.2. The summed E-state index contributed by atoms with van der Waals surface area (Å²) in [6.07, 6.45) is 5.57. The van der Waals surface area contributed by atoms with Gasteiger partial charge in [-0.05, 0) is 47.7 Å². The molecule has 1 aliphatic rings. The van der Waals surface area contributed by atoms with Crippen molar-refractivity contribution in [1.82, 2.24) is 9.88 Å². The summed E-state index contributed by atoms with van der Waals surface area (Å²) in [7, 11) is 0. The van der Waals surface area contributed by atoms with Gasteiger partial charge in [0.05, 0.1) is 18.2 Å². The molecule has 0 aromatic carbocycles. The number of aromatic nitrogens is 1. The molecule has 0 aliphatic carbocycles. The van der Waals surface area contributed by atoms with Crippen molar-refractivity contribution in [3.63, 3.8) is 0 Å². The zero-order valence-corrected chi connectivity index (χ0v) is 13.9. The molecule has 116 valence electrons. The van der Waals surface area contributed by atoms with Crippen molar-refractivity contribution >= 4 is 27.7 Å². The van der Waals surface area contributed by atoms with Crippen molar-refractivity contribution in [1.29, 1.82) is 0 Å². The maximum Gasteiger partial charge on any atom is 0.257 e. The molecular formula is C15H22BrN3O2. The molecule has 2 heterocycles. The number of nitrogens with one attached hydrogen (secondary N) is 1. The van der Waals surface area contributed by atoms with Crippen molar-refractivity contribution in [2.24, 2.45) is 0 Å². The Balaban J connectivity index is 2.26. The summed E-state index contributed by atoms with van der Waals surface area (Å²) >= 11 is 3.38. The van der Waals surface area contributed by atoms with E-state index in [1.54, 1.807) is 17.2 Å². The zero-order valence-electron chi connectivity index (χ0n) is 12.3. The SMILES string of the molecule is CCCNc1ncc(Br)cc1C(=O)N1CCCCC1CO. The monoisotopic (exact) mass is 355 g/mol. The summed E-state index contributed by atoms with van der Waals surface area (Å²) < 4.78 is 0.783. The minimum Gasteiger partial charge on any atom is -0.394 e. The second-order valence-corrected chi connectivity index (χ2v) is 6.22. The molecule has 0 saturated carbocycles. The minimum atomic E-state index is -0.0794. The van der Waals surface area contributed by atoms with E-state index in [0.717, 1.165) is 36.7 Å². The molecule has 1 fully saturated rings. The molecule has 1 atom stereocenters. The molecule has 1 aromatic rings. The fourth-order valence-corrected chi connectivity index (χ4v) is 2.93. The minimum absolute atomic E-state index is 0.0187. The van der Waals surface area contributed by atoms with E-state index >= 15 is 0 Å². The van der Waals surface area contributed by atoms with E-state index in [2.05, 4.69) is 33.2 Å². The van der Waals surface area contributed by atoms with Crippen LogP contribution in [0.2, 0.25) is 0 Å². The number of carbonyl (C=O) groups excluding carboxylic acids is 1. The van der Waals surface area contributed by atoms with Crippen molar-refractivity contribution in [2.75, 3.05) is 25.0 Å². The molecule has 0 radical (unpaired) electrons. The van der Waals surface area contributed by atoms with Crippen LogP contribution in [-0.2, 0) is 0 Å². The van der Waals surface area contributed by atoms with E-state index in [1.165, 1.54) is 0 Å². The van der Waals surface area contributed by atoms with E-state index in [4.69, 9.17) is 0 Å². The molecule has 1 amide bonds. The van der Waals surface area contributed by atoms with Crippen LogP contribution in [0.4, 0.5) is 5.82 Å². The van der Waals surface area contributed by atoms with Crippen LogP contribution in [0.1, 0.15) is 43.0 Å². The number of anilines is 1. The third kappa shape index (κ3) is 3.95. The van der Waals surface area contributed by atoms with Gasteiger partial charge < -0.3 is 15.3 Å². The predicted molar refractivity (Wildman–Crippen MR) is 86.5 cm³/mol. The number of hydrogen-bond acceptors (Lipinski definition) is 4. The van der Waals surface area contributed by atoms with Gasteiger partial charge in [-0.15, -0.1) is 0 Å². The van der Waals surface area contributed by atoms with Gasteiger partial charge in [0.1, 0.15) is 5.82 Å². The summed E-state index contributed by atoms with van der Waals surface area (Å²) in [5.74, 6) is 0.563. The van der Waals surface area contributed by atoms with Gasteiger partial charge in [-0.1, -0.05) is 6.92 Å². The Labute approximate surface area is 133 Å². The molecule has 2 rings (SSSR count). The number of hydrogen-bond donors (Lipinski definition) is 2. The highest BCUT2D eigenvalue weighted by molar-refractivity contribution is 9.10. The van der Waals surface area contributed by atoms with Gasteiger partial charge in [-0.25, -0.2) is 4.98 Å². The lowest BCUT2D eigenvalue weighted by Crippen LogP contribution is -2.45. The van der Waals surface area contributed by atoms with E-state index in [1.807, 2.05) is 0 Å². The van der Waals surface area contributed by atoms with Gasteiger partial charge >= 0.3 is 0 Å².